The largest absolute Gasteiger partial charge is 0.465 e. The molecule has 1 aliphatic heterocycles. The van der Waals surface area contributed by atoms with Gasteiger partial charge in [-0.2, -0.15) is 0 Å². The Hall–Kier alpha value is -0.555. The van der Waals surface area contributed by atoms with Crippen molar-refractivity contribution in [2.45, 2.75) is 37.1 Å². The zero-order valence-electron chi connectivity index (χ0n) is 12.5. The van der Waals surface area contributed by atoms with E-state index in [-0.39, 0.29) is 11.3 Å². The van der Waals surface area contributed by atoms with Crippen molar-refractivity contribution >= 4 is 36.5 Å². The Labute approximate surface area is 135 Å². The first-order valence-electron chi connectivity index (χ1n) is 7.19. The lowest BCUT2D eigenvalue weighted by Crippen LogP contribution is -2.37. The van der Waals surface area contributed by atoms with E-state index in [1.165, 1.54) is 23.3 Å². The van der Waals surface area contributed by atoms with Crippen LogP contribution in [-0.2, 0) is 15.8 Å². The van der Waals surface area contributed by atoms with Crippen LogP contribution in [-0.4, -0.2) is 50.6 Å². The summed E-state index contributed by atoms with van der Waals surface area (Å²) in [5, 5.41) is 0.217. The van der Waals surface area contributed by atoms with Crippen molar-refractivity contribution in [1.82, 2.24) is 4.81 Å². The number of ether oxygens (including phenoxy) is 1. The fourth-order valence-corrected chi connectivity index (χ4v) is 4.12. The highest BCUT2D eigenvalue weighted by Crippen LogP contribution is 2.27. The standard InChI is InChI=1S/C14H21BClNO3S/c1-19-14(18)13-7-6-10(21-13)4-3-5-12-11(16)8-9-17(12)15-20-2/h6-7,11-12,15H,3-5,8-9H2,1-2H3/t11?,12-/m0/s1. The van der Waals surface area contributed by atoms with Gasteiger partial charge in [0.2, 0.25) is 0 Å². The van der Waals surface area contributed by atoms with Gasteiger partial charge < -0.3 is 14.2 Å². The van der Waals surface area contributed by atoms with Gasteiger partial charge in [0.05, 0.1) is 7.11 Å². The average Bonchev–Trinajstić information content (AvgIpc) is 3.08. The molecule has 0 spiro atoms. The van der Waals surface area contributed by atoms with Crippen LogP contribution < -0.4 is 0 Å². The molecule has 2 rings (SSSR count). The zero-order valence-corrected chi connectivity index (χ0v) is 14.1. The number of rotatable bonds is 7. The molecular formula is C14H21BClNO3S. The predicted molar refractivity (Wildman–Crippen MR) is 87.5 cm³/mol. The van der Waals surface area contributed by atoms with Crippen LogP contribution >= 0.6 is 22.9 Å². The quantitative estimate of drug-likeness (QED) is 0.437. The third kappa shape index (κ3) is 4.46. The summed E-state index contributed by atoms with van der Waals surface area (Å²) >= 11 is 7.91. The smallest absolute Gasteiger partial charge is 0.363 e. The maximum Gasteiger partial charge on any atom is 0.363 e. The van der Waals surface area contributed by atoms with Crippen LogP contribution in [0.25, 0.3) is 0 Å². The van der Waals surface area contributed by atoms with Gasteiger partial charge in [0.15, 0.2) is 0 Å². The van der Waals surface area contributed by atoms with Crippen LogP contribution in [0.2, 0.25) is 0 Å². The molecule has 2 heterocycles. The van der Waals surface area contributed by atoms with E-state index in [0.29, 0.717) is 18.5 Å². The van der Waals surface area contributed by atoms with Gasteiger partial charge in [-0.25, -0.2) is 4.79 Å². The van der Waals surface area contributed by atoms with Gasteiger partial charge in [-0.05, 0) is 44.4 Å². The van der Waals surface area contributed by atoms with Gasteiger partial charge in [-0.15, -0.1) is 22.9 Å². The van der Waals surface area contributed by atoms with Crippen LogP contribution in [0.1, 0.15) is 33.8 Å². The summed E-state index contributed by atoms with van der Waals surface area (Å²) in [4.78, 5) is 15.6. The molecule has 0 amide bonds. The predicted octanol–water partition coefficient (Wildman–Crippen LogP) is 2.45. The number of esters is 1. The Morgan fingerprint density at radius 2 is 2.33 bits per heavy atom. The summed E-state index contributed by atoms with van der Waals surface area (Å²) in [7, 11) is 3.78. The normalized spacial score (nSPS) is 22.4. The average molecular weight is 330 g/mol. The first-order valence-corrected chi connectivity index (χ1v) is 8.45. The van der Waals surface area contributed by atoms with Crippen molar-refractivity contribution < 1.29 is 14.2 Å². The number of alkyl halides is 1. The minimum absolute atomic E-state index is 0.217. The molecule has 116 valence electrons. The number of halogens is 1. The summed E-state index contributed by atoms with van der Waals surface area (Å²) in [6.07, 6.45) is 4.13. The van der Waals surface area contributed by atoms with Crippen molar-refractivity contribution in [3.8, 4) is 0 Å². The number of hydrogen-bond donors (Lipinski definition) is 0. The Kier molecular flexibility index (Phi) is 6.54. The molecular weight excluding hydrogens is 308 g/mol. The monoisotopic (exact) mass is 329 g/mol. The van der Waals surface area contributed by atoms with E-state index < -0.39 is 0 Å². The molecule has 1 aromatic rings. The van der Waals surface area contributed by atoms with Gasteiger partial charge in [0.25, 0.3) is 0 Å². The Bertz CT molecular complexity index is 469. The highest BCUT2D eigenvalue weighted by atomic mass is 35.5. The number of hydrogen-bond acceptors (Lipinski definition) is 5. The molecule has 1 aliphatic rings. The van der Waals surface area contributed by atoms with Gasteiger partial charge in [0, 0.05) is 23.4 Å². The first-order chi connectivity index (χ1) is 10.2. The lowest BCUT2D eigenvalue weighted by Gasteiger charge is -2.24. The summed E-state index contributed by atoms with van der Waals surface area (Å²) in [5.41, 5.74) is 0. The summed E-state index contributed by atoms with van der Waals surface area (Å²) in [5.74, 6) is -0.255. The molecule has 1 unspecified atom stereocenters. The summed E-state index contributed by atoms with van der Waals surface area (Å²) in [6, 6.07) is 4.24. The van der Waals surface area contributed by atoms with E-state index >= 15 is 0 Å². The maximum atomic E-state index is 11.4. The van der Waals surface area contributed by atoms with Gasteiger partial charge in [-0.3, -0.25) is 0 Å². The number of nitrogens with zero attached hydrogens (tertiary/aromatic N) is 1. The van der Waals surface area contributed by atoms with E-state index in [4.69, 9.17) is 21.0 Å². The number of aryl methyl sites for hydroxylation is 1. The second kappa shape index (κ2) is 8.18. The van der Waals surface area contributed by atoms with Crippen molar-refractivity contribution in [3.05, 3.63) is 21.9 Å². The highest BCUT2D eigenvalue weighted by Gasteiger charge is 2.32. The number of methoxy groups -OCH3 is 1. The number of carbonyl (C=O) groups excluding carboxylic acids is 1. The molecule has 0 N–H and O–H groups in total. The van der Waals surface area contributed by atoms with E-state index in [1.807, 2.05) is 12.1 Å². The first kappa shape index (κ1) is 16.8. The molecule has 21 heavy (non-hydrogen) atoms. The molecule has 1 aromatic heterocycles. The minimum Gasteiger partial charge on any atom is -0.465 e. The van der Waals surface area contributed by atoms with Crippen LogP contribution in [0.15, 0.2) is 12.1 Å². The topological polar surface area (TPSA) is 38.8 Å². The van der Waals surface area contributed by atoms with Crippen LogP contribution in [0, 0.1) is 0 Å². The molecule has 0 bridgehead atoms. The van der Waals surface area contributed by atoms with Gasteiger partial charge >= 0.3 is 13.6 Å². The maximum absolute atomic E-state index is 11.4. The molecule has 2 atom stereocenters. The Morgan fingerprint density at radius 1 is 1.52 bits per heavy atom. The van der Waals surface area contributed by atoms with Gasteiger partial charge in [0.1, 0.15) is 4.88 Å². The van der Waals surface area contributed by atoms with Crippen molar-refractivity contribution in [2.75, 3.05) is 20.8 Å². The molecule has 0 aliphatic carbocycles. The lowest BCUT2D eigenvalue weighted by atomic mass is 10.0. The fourth-order valence-electron chi connectivity index (χ4n) is 2.77. The van der Waals surface area contributed by atoms with Crippen molar-refractivity contribution in [3.63, 3.8) is 0 Å². The third-order valence-corrected chi connectivity index (χ3v) is 5.48. The molecule has 0 aromatic carbocycles. The summed E-state index contributed by atoms with van der Waals surface area (Å²) < 4.78 is 9.95. The summed E-state index contributed by atoms with van der Waals surface area (Å²) in [6.45, 7) is 1.01. The van der Waals surface area contributed by atoms with E-state index in [0.717, 1.165) is 32.2 Å². The molecule has 1 fully saturated rings. The molecule has 0 radical (unpaired) electrons. The zero-order chi connectivity index (χ0) is 15.2. The highest BCUT2D eigenvalue weighted by molar-refractivity contribution is 7.13. The second-order valence-corrected chi connectivity index (χ2v) is 6.98. The van der Waals surface area contributed by atoms with Crippen LogP contribution in [0.3, 0.4) is 0 Å². The van der Waals surface area contributed by atoms with Crippen molar-refractivity contribution in [1.29, 1.82) is 0 Å². The number of carbonyl (C=O) groups is 1. The SMILES string of the molecule is COBN1CCC(Cl)[C@@H]1CCCc1ccc(C(=O)OC)s1. The second-order valence-electron chi connectivity index (χ2n) is 5.25. The van der Waals surface area contributed by atoms with E-state index in [1.54, 1.807) is 7.11 Å². The van der Waals surface area contributed by atoms with Crippen LogP contribution in [0.4, 0.5) is 0 Å². The van der Waals surface area contributed by atoms with Crippen molar-refractivity contribution in [2.24, 2.45) is 0 Å². The minimum atomic E-state index is -0.255. The third-order valence-electron chi connectivity index (χ3n) is 3.84. The Morgan fingerprint density at radius 3 is 3.05 bits per heavy atom. The molecule has 7 heteroatoms. The molecule has 4 nitrogen and oxygen atoms in total. The van der Waals surface area contributed by atoms with Gasteiger partial charge in [-0.1, -0.05) is 0 Å². The Balaban J connectivity index is 1.80. The number of thiophene rings is 1. The molecule has 0 saturated carbocycles. The van der Waals surface area contributed by atoms with E-state index in [2.05, 4.69) is 4.81 Å². The lowest BCUT2D eigenvalue weighted by molar-refractivity contribution is 0.0606. The fraction of sp³-hybridized carbons (Fsp3) is 0.643. The molecule has 1 saturated heterocycles. The van der Waals surface area contributed by atoms with E-state index in [9.17, 15) is 4.79 Å². The van der Waals surface area contributed by atoms with Crippen LogP contribution in [0.5, 0.6) is 0 Å².